The number of hydrogen-bond donors (Lipinski definition) is 2. The van der Waals surface area contributed by atoms with Crippen molar-refractivity contribution >= 4 is 5.82 Å². The maximum absolute atomic E-state index is 12.4. The van der Waals surface area contributed by atoms with Gasteiger partial charge in [-0.25, -0.2) is 10.8 Å². The van der Waals surface area contributed by atoms with Gasteiger partial charge in [-0.05, 0) is 29.8 Å². The summed E-state index contributed by atoms with van der Waals surface area (Å²) in [5.41, 5.74) is 3.10. The lowest BCUT2D eigenvalue weighted by Gasteiger charge is -2.08. The summed E-state index contributed by atoms with van der Waals surface area (Å²) >= 11 is 0. The lowest BCUT2D eigenvalue weighted by molar-refractivity contribution is -0.137. The van der Waals surface area contributed by atoms with Gasteiger partial charge in [-0.3, -0.25) is 0 Å². The van der Waals surface area contributed by atoms with Crippen LogP contribution in [-0.2, 0) is 6.18 Å². The van der Waals surface area contributed by atoms with Crippen LogP contribution in [0.1, 0.15) is 5.56 Å². The molecule has 1 aromatic carbocycles. The average Bonchev–Trinajstić information content (AvgIpc) is 2.38. The summed E-state index contributed by atoms with van der Waals surface area (Å²) in [4.78, 5) is 3.99. The van der Waals surface area contributed by atoms with Crippen LogP contribution >= 0.6 is 0 Å². The lowest BCUT2D eigenvalue weighted by atomic mass is 10.1. The van der Waals surface area contributed by atoms with E-state index in [1.807, 2.05) is 0 Å². The number of pyridine rings is 1. The van der Waals surface area contributed by atoms with Crippen LogP contribution in [0.3, 0.4) is 0 Å². The molecule has 0 unspecified atom stereocenters. The number of nitrogens with zero attached hydrogens (tertiary/aromatic N) is 1. The van der Waals surface area contributed by atoms with Crippen LogP contribution in [0.15, 0.2) is 42.6 Å². The Labute approximate surface area is 101 Å². The number of nitrogens with two attached hydrogens (primary N) is 1. The molecule has 1 heterocycles. The Morgan fingerprint density at radius 3 is 2.00 bits per heavy atom. The first-order chi connectivity index (χ1) is 8.50. The maximum Gasteiger partial charge on any atom is 0.416 e. The van der Waals surface area contributed by atoms with Crippen molar-refractivity contribution in [3.63, 3.8) is 0 Å². The standard InChI is InChI=1S/C12H10F3N3/c13-12(14,15)10-4-1-8(2-5-10)9-3-6-11(18-16)17-7-9/h1-7H,16H2,(H,17,18). The van der Waals surface area contributed by atoms with Crippen LogP contribution in [0.4, 0.5) is 19.0 Å². The number of rotatable bonds is 2. The van der Waals surface area contributed by atoms with Gasteiger partial charge in [0.15, 0.2) is 0 Å². The van der Waals surface area contributed by atoms with Crippen molar-refractivity contribution in [2.24, 2.45) is 5.84 Å². The molecule has 94 valence electrons. The molecule has 0 saturated carbocycles. The summed E-state index contributed by atoms with van der Waals surface area (Å²) in [6.45, 7) is 0. The zero-order valence-electron chi connectivity index (χ0n) is 9.20. The van der Waals surface area contributed by atoms with Crippen LogP contribution in [0.2, 0.25) is 0 Å². The maximum atomic E-state index is 12.4. The number of benzene rings is 1. The normalized spacial score (nSPS) is 11.3. The molecule has 0 fully saturated rings. The van der Waals surface area contributed by atoms with Crippen LogP contribution in [-0.4, -0.2) is 4.98 Å². The predicted octanol–water partition coefficient (Wildman–Crippen LogP) is 3.05. The van der Waals surface area contributed by atoms with Gasteiger partial charge < -0.3 is 5.43 Å². The average molecular weight is 253 g/mol. The first kappa shape index (κ1) is 12.4. The number of nitrogen functional groups attached to an aromatic ring is 1. The first-order valence-corrected chi connectivity index (χ1v) is 5.11. The highest BCUT2D eigenvalue weighted by atomic mass is 19.4. The second-order valence-electron chi connectivity index (χ2n) is 3.65. The molecule has 3 N–H and O–H groups in total. The number of hydrazine groups is 1. The van der Waals surface area contributed by atoms with E-state index in [0.717, 1.165) is 17.7 Å². The van der Waals surface area contributed by atoms with E-state index in [0.29, 0.717) is 11.4 Å². The van der Waals surface area contributed by atoms with Crippen molar-refractivity contribution in [3.8, 4) is 11.1 Å². The monoisotopic (exact) mass is 253 g/mol. The Bertz CT molecular complexity index is 518. The Morgan fingerprint density at radius 2 is 1.56 bits per heavy atom. The topological polar surface area (TPSA) is 50.9 Å². The third kappa shape index (κ3) is 2.60. The molecule has 6 heteroatoms. The molecule has 0 atom stereocenters. The fourth-order valence-electron chi connectivity index (χ4n) is 1.50. The summed E-state index contributed by atoms with van der Waals surface area (Å²) < 4.78 is 37.2. The predicted molar refractivity (Wildman–Crippen MR) is 62.5 cm³/mol. The van der Waals surface area contributed by atoms with Crippen molar-refractivity contribution in [3.05, 3.63) is 48.2 Å². The minimum Gasteiger partial charge on any atom is -0.308 e. The van der Waals surface area contributed by atoms with E-state index >= 15 is 0 Å². The van der Waals surface area contributed by atoms with Crippen molar-refractivity contribution in [2.75, 3.05) is 5.43 Å². The quantitative estimate of drug-likeness (QED) is 0.638. The minimum atomic E-state index is -4.32. The van der Waals surface area contributed by atoms with Crippen LogP contribution < -0.4 is 11.3 Å². The molecule has 0 radical (unpaired) electrons. The van der Waals surface area contributed by atoms with E-state index < -0.39 is 11.7 Å². The minimum absolute atomic E-state index is 0.491. The zero-order valence-corrected chi connectivity index (χ0v) is 9.20. The van der Waals surface area contributed by atoms with Crippen LogP contribution in [0.25, 0.3) is 11.1 Å². The first-order valence-electron chi connectivity index (χ1n) is 5.11. The van der Waals surface area contributed by atoms with E-state index in [1.165, 1.54) is 18.3 Å². The van der Waals surface area contributed by atoms with Gasteiger partial charge in [0, 0.05) is 11.8 Å². The molecule has 18 heavy (non-hydrogen) atoms. The highest BCUT2D eigenvalue weighted by molar-refractivity contribution is 5.64. The Balaban J connectivity index is 2.28. The Kier molecular flexibility index (Phi) is 3.20. The van der Waals surface area contributed by atoms with Gasteiger partial charge in [0.05, 0.1) is 5.56 Å². The molecular formula is C12H10F3N3. The molecule has 0 amide bonds. The third-order valence-corrected chi connectivity index (χ3v) is 2.46. The fourth-order valence-corrected chi connectivity index (χ4v) is 1.50. The van der Waals surface area contributed by atoms with Gasteiger partial charge in [-0.2, -0.15) is 13.2 Å². The van der Waals surface area contributed by atoms with Crippen molar-refractivity contribution in [2.45, 2.75) is 6.18 Å². The van der Waals surface area contributed by atoms with Crippen molar-refractivity contribution in [1.29, 1.82) is 0 Å². The van der Waals surface area contributed by atoms with Gasteiger partial charge in [-0.15, -0.1) is 0 Å². The van der Waals surface area contributed by atoms with Gasteiger partial charge in [0.25, 0.3) is 0 Å². The van der Waals surface area contributed by atoms with Gasteiger partial charge in [0.1, 0.15) is 5.82 Å². The Morgan fingerprint density at radius 1 is 0.944 bits per heavy atom. The molecule has 2 rings (SSSR count). The van der Waals surface area contributed by atoms with E-state index in [1.54, 1.807) is 12.1 Å². The molecule has 2 aromatic rings. The molecular weight excluding hydrogens is 243 g/mol. The van der Waals surface area contributed by atoms with E-state index in [4.69, 9.17) is 5.84 Å². The SMILES string of the molecule is NNc1ccc(-c2ccc(C(F)(F)F)cc2)cn1. The molecule has 0 aliphatic carbocycles. The number of anilines is 1. The fraction of sp³-hybridized carbons (Fsp3) is 0.0833. The highest BCUT2D eigenvalue weighted by Crippen LogP contribution is 2.30. The van der Waals surface area contributed by atoms with Crippen molar-refractivity contribution < 1.29 is 13.2 Å². The van der Waals surface area contributed by atoms with Crippen molar-refractivity contribution in [1.82, 2.24) is 4.98 Å². The molecule has 0 aliphatic heterocycles. The van der Waals surface area contributed by atoms with E-state index in [9.17, 15) is 13.2 Å². The zero-order chi connectivity index (χ0) is 13.2. The summed E-state index contributed by atoms with van der Waals surface area (Å²) in [5.74, 6) is 5.66. The second-order valence-corrected chi connectivity index (χ2v) is 3.65. The summed E-state index contributed by atoms with van der Waals surface area (Å²) in [6.07, 6.45) is -2.78. The van der Waals surface area contributed by atoms with E-state index in [-0.39, 0.29) is 0 Å². The second kappa shape index (κ2) is 4.66. The lowest BCUT2D eigenvalue weighted by Crippen LogP contribution is -2.07. The number of halogens is 3. The third-order valence-electron chi connectivity index (χ3n) is 2.46. The molecule has 0 bridgehead atoms. The molecule has 0 aliphatic rings. The van der Waals surface area contributed by atoms with Gasteiger partial charge >= 0.3 is 6.18 Å². The number of nitrogens with one attached hydrogen (secondary N) is 1. The number of aromatic nitrogens is 1. The summed E-state index contributed by atoms with van der Waals surface area (Å²) in [7, 11) is 0. The number of hydrogen-bond acceptors (Lipinski definition) is 3. The molecule has 0 spiro atoms. The molecule has 3 nitrogen and oxygen atoms in total. The summed E-state index contributed by atoms with van der Waals surface area (Å²) in [6, 6.07) is 8.29. The van der Waals surface area contributed by atoms with Crippen LogP contribution in [0.5, 0.6) is 0 Å². The van der Waals surface area contributed by atoms with E-state index in [2.05, 4.69) is 10.4 Å². The Hall–Kier alpha value is -2.08. The van der Waals surface area contributed by atoms with Crippen LogP contribution in [0, 0.1) is 0 Å². The highest BCUT2D eigenvalue weighted by Gasteiger charge is 2.29. The molecule has 0 saturated heterocycles. The van der Waals surface area contributed by atoms with Gasteiger partial charge in [-0.1, -0.05) is 12.1 Å². The molecule has 1 aromatic heterocycles. The number of alkyl halides is 3. The summed E-state index contributed by atoms with van der Waals surface area (Å²) in [5, 5.41) is 0. The largest absolute Gasteiger partial charge is 0.416 e. The smallest absolute Gasteiger partial charge is 0.308 e. The van der Waals surface area contributed by atoms with Gasteiger partial charge in [0.2, 0.25) is 0 Å².